The first kappa shape index (κ1) is 18.6. The maximum Gasteiger partial charge on any atom is 0.312 e. The molecule has 1 aromatic rings. The second kappa shape index (κ2) is 6.69. The summed E-state index contributed by atoms with van der Waals surface area (Å²) in [6.07, 6.45) is 5.58. The molecule has 0 aliphatic heterocycles. The first-order valence-electron chi connectivity index (χ1n) is 9.61. The molecule has 1 aromatic carbocycles. The Labute approximate surface area is 164 Å². The van der Waals surface area contributed by atoms with Crippen molar-refractivity contribution < 1.29 is 19.1 Å². The van der Waals surface area contributed by atoms with Crippen LogP contribution in [0.25, 0.3) is 0 Å². The lowest BCUT2D eigenvalue weighted by atomic mass is 9.49. The largest absolute Gasteiger partial charge is 0.495 e. The fraction of sp³-hybridized carbons (Fsp3) is 0.619. The molecule has 4 aliphatic carbocycles. The molecule has 2 unspecified atom stereocenters. The highest BCUT2D eigenvalue weighted by atomic mass is 35.5. The van der Waals surface area contributed by atoms with Crippen molar-refractivity contribution in [2.75, 3.05) is 19.0 Å². The van der Waals surface area contributed by atoms with Gasteiger partial charge in [0.25, 0.3) is 5.91 Å². The maximum absolute atomic E-state index is 12.9. The highest BCUT2D eigenvalue weighted by Gasteiger charge is 2.60. The van der Waals surface area contributed by atoms with Crippen LogP contribution in [0.4, 0.5) is 5.69 Å². The molecule has 1 N–H and O–H groups in total. The van der Waals surface area contributed by atoms with E-state index in [9.17, 15) is 9.59 Å². The van der Waals surface area contributed by atoms with Crippen LogP contribution >= 0.6 is 11.6 Å². The van der Waals surface area contributed by atoms with Crippen molar-refractivity contribution in [2.45, 2.75) is 50.3 Å². The molecule has 1 amide bonds. The summed E-state index contributed by atoms with van der Waals surface area (Å²) in [6, 6.07) is 5.53. The number of ether oxygens (including phenoxy) is 2. The zero-order valence-corrected chi connectivity index (χ0v) is 16.6. The summed E-state index contributed by atoms with van der Waals surface area (Å²) in [7, 11) is 1.55. The van der Waals surface area contributed by atoms with Crippen LogP contribution in [0.3, 0.4) is 0 Å². The molecule has 0 saturated heterocycles. The number of hydrogen-bond donors (Lipinski definition) is 1. The number of carbonyl (C=O) groups is 2. The molecule has 4 atom stereocenters. The molecule has 27 heavy (non-hydrogen) atoms. The van der Waals surface area contributed by atoms with Gasteiger partial charge in [-0.3, -0.25) is 9.59 Å². The van der Waals surface area contributed by atoms with Crippen molar-refractivity contribution in [2.24, 2.45) is 17.3 Å². The number of nitrogens with one attached hydrogen (secondary N) is 1. The number of amides is 1. The number of carbonyl (C=O) groups excluding carboxylic acids is 2. The van der Waals surface area contributed by atoms with Gasteiger partial charge in [-0.15, -0.1) is 11.6 Å². The van der Waals surface area contributed by atoms with Crippen LogP contribution in [0, 0.1) is 24.2 Å². The fourth-order valence-corrected chi connectivity index (χ4v) is 6.47. The molecule has 4 saturated carbocycles. The summed E-state index contributed by atoms with van der Waals surface area (Å²) in [6.45, 7) is 1.65. The minimum Gasteiger partial charge on any atom is -0.495 e. The molecule has 5 nitrogen and oxygen atoms in total. The van der Waals surface area contributed by atoms with E-state index < -0.39 is 5.41 Å². The number of anilines is 1. The number of hydrogen-bond acceptors (Lipinski definition) is 4. The molecule has 5 rings (SSSR count). The number of halogens is 1. The third-order valence-corrected chi connectivity index (χ3v) is 6.83. The smallest absolute Gasteiger partial charge is 0.312 e. The molecular weight excluding hydrogens is 366 g/mol. The van der Waals surface area contributed by atoms with Crippen LogP contribution in [0.5, 0.6) is 5.75 Å². The summed E-state index contributed by atoms with van der Waals surface area (Å²) >= 11 is 6.78. The van der Waals surface area contributed by atoms with E-state index in [-0.39, 0.29) is 23.4 Å². The third-order valence-electron chi connectivity index (χ3n) is 6.39. The fourth-order valence-electron chi connectivity index (χ4n) is 5.78. The number of benzene rings is 1. The van der Waals surface area contributed by atoms with Crippen molar-refractivity contribution >= 4 is 29.2 Å². The van der Waals surface area contributed by atoms with Crippen molar-refractivity contribution in [3.8, 4) is 5.75 Å². The van der Waals surface area contributed by atoms with Crippen molar-refractivity contribution in [1.29, 1.82) is 0 Å². The van der Waals surface area contributed by atoms with Gasteiger partial charge in [0.15, 0.2) is 6.61 Å². The first-order chi connectivity index (χ1) is 12.8. The molecule has 0 heterocycles. The molecule has 146 valence electrons. The number of esters is 1. The van der Waals surface area contributed by atoms with Crippen molar-refractivity contribution in [1.82, 2.24) is 0 Å². The first-order valence-corrected chi connectivity index (χ1v) is 9.99. The summed E-state index contributed by atoms with van der Waals surface area (Å²) in [5.74, 6) is 0.986. The Hall–Kier alpha value is -1.75. The Morgan fingerprint density at radius 3 is 2.56 bits per heavy atom. The molecule has 4 fully saturated rings. The van der Waals surface area contributed by atoms with Crippen molar-refractivity contribution in [3.63, 3.8) is 0 Å². The van der Waals surface area contributed by atoms with Gasteiger partial charge in [0.05, 0.1) is 18.2 Å². The minimum absolute atomic E-state index is 0.250. The number of methoxy groups -OCH3 is 1. The van der Waals surface area contributed by atoms with E-state index in [1.807, 2.05) is 19.1 Å². The second-order valence-corrected chi connectivity index (χ2v) is 9.52. The predicted octanol–water partition coefficient (Wildman–Crippen LogP) is 4.06. The van der Waals surface area contributed by atoms with E-state index >= 15 is 0 Å². The Kier molecular flexibility index (Phi) is 4.61. The Bertz CT molecular complexity index is 763. The van der Waals surface area contributed by atoms with Gasteiger partial charge >= 0.3 is 5.97 Å². The van der Waals surface area contributed by atoms with E-state index in [2.05, 4.69) is 5.32 Å². The number of rotatable bonds is 5. The van der Waals surface area contributed by atoms with Crippen LogP contribution in [0.2, 0.25) is 0 Å². The molecule has 6 heteroatoms. The SMILES string of the molecule is COc1ccc(C)cc1NC(=O)COC(=O)C12C[C@@H]3C[C@@H](CC(Cl)(C3)C1)C2. The summed E-state index contributed by atoms with van der Waals surface area (Å²) in [5.41, 5.74) is 1.09. The Morgan fingerprint density at radius 1 is 1.22 bits per heavy atom. The average Bonchev–Trinajstić information content (AvgIpc) is 2.57. The van der Waals surface area contributed by atoms with Crippen LogP contribution < -0.4 is 10.1 Å². The van der Waals surface area contributed by atoms with Crippen LogP contribution in [0.15, 0.2) is 18.2 Å². The van der Waals surface area contributed by atoms with Crippen LogP contribution in [0.1, 0.15) is 44.1 Å². The van der Waals surface area contributed by atoms with Crippen LogP contribution in [-0.2, 0) is 14.3 Å². The number of aryl methyl sites for hydroxylation is 1. The van der Waals surface area contributed by atoms with Crippen molar-refractivity contribution in [3.05, 3.63) is 23.8 Å². The summed E-state index contributed by atoms with van der Waals surface area (Å²) in [4.78, 5) is 25.0. The zero-order valence-electron chi connectivity index (χ0n) is 15.8. The topological polar surface area (TPSA) is 64.6 Å². The predicted molar refractivity (Wildman–Crippen MR) is 103 cm³/mol. The van der Waals surface area contributed by atoms with E-state index in [1.165, 1.54) is 6.42 Å². The minimum atomic E-state index is -0.493. The molecule has 0 aromatic heterocycles. The van der Waals surface area contributed by atoms with E-state index in [4.69, 9.17) is 21.1 Å². The highest BCUT2D eigenvalue weighted by Crippen LogP contribution is 2.64. The maximum atomic E-state index is 12.9. The normalized spacial score (nSPS) is 33.6. The lowest BCUT2D eigenvalue weighted by Crippen LogP contribution is -2.56. The number of alkyl halides is 1. The standard InChI is InChI=1S/C21H26ClNO4/c1-13-3-4-17(26-2)16(5-13)23-18(24)11-27-19(25)20-7-14-6-15(8-20)10-21(22,9-14)12-20/h3-5,14-15H,6-12H2,1-2H3,(H,23,24)/t14-,15+,20?,21?. The quantitative estimate of drug-likeness (QED) is 0.607. The van der Waals surface area contributed by atoms with Crippen LogP contribution in [-0.4, -0.2) is 30.5 Å². The van der Waals surface area contributed by atoms with Gasteiger partial charge in [-0.25, -0.2) is 0 Å². The van der Waals surface area contributed by atoms with E-state index in [1.54, 1.807) is 13.2 Å². The molecule has 0 spiro atoms. The molecular formula is C21H26ClNO4. The van der Waals surface area contributed by atoms with E-state index in [0.29, 0.717) is 29.7 Å². The lowest BCUT2D eigenvalue weighted by Gasteiger charge is -2.58. The van der Waals surface area contributed by atoms with Gasteiger partial charge in [0, 0.05) is 4.87 Å². The average molecular weight is 392 g/mol. The zero-order chi connectivity index (χ0) is 19.2. The van der Waals surface area contributed by atoms with Gasteiger partial charge in [0.2, 0.25) is 0 Å². The molecule has 0 radical (unpaired) electrons. The molecule has 4 aliphatic rings. The monoisotopic (exact) mass is 391 g/mol. The van der Waals surface area contributed by atoms with Gasteiger partial charge in [-0.2, -0.15) is 0 Å². The van der Waals surface area contributed by atoms with Gasteiger partial charge < -0.3 is 14.8 Å². The Balaban J connectivity index is 1.38. The Morgan fingerprint density at radius 2 is 1.93 bits per heavy atom. The molecule has 4 bridgehead atoms. The van der Waals surface area contributed by atoms with Gasteiger partial charge in [-0.05, 0) is 75.0 Å². The summed E-state index contributed by atoms with van der Waals surface area (Å²) in [5, 5.41) is 2.77. The second-order valence-electron chi connectivity index (χ2n) is 8.72. The highest BCUT2D eigenvalue weighted by molar-refractivity contribution is 6.24. The summed E-state index contributed by atoms with van der Waals surface area (Å²) < 4.78 is 10.7. The van der Waals surface area contributed by atoms with E-state index in [0.717, 1.165) is 31.2 Å². The van der Waals surface area contributed by atoms with Gasteiger partial charge in [0.1, 0.15) is 5.75 Å². The lowest BCUT2D eigenvalue weighted by molar-refractivity contribution is -0.171. The van der Waals surface area contributed by atoms with Gasteiger partial charge in [-0.1, -0.05) is 6.07 Å². The third kappa shape index (κ3) is 3.54.